The lowest BCUT2D eigenvalue weighted by Crippen LogP contribution is -2.52. The quantitative estimate of drug-likeness (QED) is 0.246. The van der Waals surface area contributed by atoms with E-state index in [-0.39, 0.29) is 18.0 Å². The van der Waals surface area contributed by atoms with E-state index in [0.29, 0.717) is 49.0 Å². The zero-order valence-electron chi connectivity index (χ0n) is 20.5. The highest BCUT2D eigenvalue weighted by Crippen LogP contribution is 2.49. The van der Waals surface area contributed by atoms with Gasteiger partial charge in [0.25, 0.3) is 5.91 Å². The number of aromatic nitrogens is 1. The average molecular weight is 529 g/mol. The summed E-state index contributed by atoms with van der Waals surface area (Å²) in [6, 6.07) is 14.7. The van der Waals surface area contributed by atoms with Gasteiger partial charge in [0.1, 0.15) is 11.3 Å². The molecule has 2 aromatic heterocycles. The van der Waals surface area contributed by atoms with Crippen LogP contribution in [0.1, 0.15) is 51.7 Å². The highest BCUT2D eigenvalue weighted by atomic mass is 32.1. The van der Waals surface area contributed by atoms with Gasteiger partial charge in [-0.25, -0.2) is 4.98 Å². The zero-order valence-corrected chi connectivity index (χ0v) is 21.3. The Labute approximate surface area is 223 Å². The maximum absolute atomic E-state index is 13.9. The van der Waals surface area contributed by atoms with Crippen molar-refractivity contribution in [2.24, 2.45) is 17.2 Å². The Balaban J connectivity index is 1.43. The molecule has 0 bridgehead atoms. The Hall–Kier alpha value is -3.83. The number of rotatable bonds is 5. The number of hydrogen-bond donors (Lipinski definition) is 5. The summed E-state index contributed by atoms with van der Waals surface area (Å²) in [4.78, 5) is 32.0. The summed E-state index contributed by atoms with van der Waals surface area (Å²) >= 11 is 1.23. The molecule has 9 nitrogen and oxygen atoms in total. The molecule has 1 amide bonds. The minimum absolute atomic E-state index is 0.0985. The molecule has 0 spiro atoms. The lowest BCUT2D eigenvalue weighted by Gasteiger charge is -2.36. The number of nitrogens with zero attached hydrogens (tertiary/aromatic N) is 1. The molecule has 2 aromatic carbocycles. The fourth-order valence-corrected chi connectivity index (χ4v) is 6.74. The van der Waals surface area contributed by atoms with Crippen LogP contribution in [0.15, 0.2) is 60.8 Å². The molecule has 0 radical (unpaired) electrons. The van der Waals surface area contributed by atoms with Gasteiger partial charge in [0.2, 0.25) is 5.88 Å². The summed E-state index contributed by atoms with van der Waals surface area (Å²) in [5, 5.41) is 3.69. The van der Waals surface area contributed by atoms with Gasteiger partial charge in [-0.1, -0.05) is 24.3 Å². The van der Waals surface area contributed by atoms with Crippen molar-refractivity contribution in [3.05, 3.63) is 82.4 Å². The van der Waals surface area contributed by atoms with E-state index in [4.69, 9.17) is 27.7 Å². The van der Waals surface area contributed by atoms with Crippen molar-refractivity contribution in [3.8, 4) is 11.6 Å². The van der Waals surface area contributed by atoms with Crippen LogP contribution in [-0.2, 0) is 10.3 Å². The minimum Gasteiger partial charge on any atom is -0.439 e. The van der Waals surface area contributed by atoms with Gasteiger partial charge >= 0.3 is 0 Å². The Morgan fingerprint density at radius 2 is 1.87 bits per heavy atom. The molecule has 194 valence electrons. The number of ether oxygens (including phenoxy) is 1. The molecule has 6 rings (SSSR count). The van der Waals surface area contributed by atoms with Crippen molar-refractivity contribution in [1.29, 1.82) is 0 Å². The third kappa shape index (κ3) is 3.76. The van der Waals surface area contributed by atoms with E-state index in [2.05, 4.69) is 10.3 Å². The van der Waals surface area contributed by atoms with Gasteiger partial charge in [0.05, 0.1) is 15.6 Å². The SMILES string of the molecule is Nc1ccc2c3c(c(C(=O)N[C@@H]4CCC[C@@H]4N)sc13)C(N)C(=O)C2(N)c1ccc(Oc2ccccc2)nc1. The molecule has 1 fully saturated rings. The molecule has 4 atom stereocenters. The fraction of sp³-hybridized carbons (Fsp3) is 0.250. The van der Waals surface area contributed by atoms with E-state index in [9.17, 15) is 9.59 Å². The molecule has 2 aliphatic rings. The molecule has 0 saturated heterocycles. The van der Waals surface area contributed by atoms with Gasteiger partial charge in [0.15, 0.2) is 5.78 Å². The van der Waals surface area contributed by atoms with Crippen molar-refractivity contribution in [1.82, 2.24) is 10.3 Å². The van der Waals surface area contributed by atoms with Gasteiger partial charge in [-0.15, -0.1) is 11.3 Å². The van der Waals surface area contributed by atoms with E-state index < -0.39 is 17.4 Å². The van der Waals surface area contributed by atoms with Crippen molar-refractivity contribution in [3.63, 3.8) is 0 Å². The second kappa shape index (κ2) is 9.17. The molecule has 2 unspecified atom stereocenters. The van der Waals surface area contributed by atoms with Gasteiger partial charge in [-0.05, 0) is 49.1 Å². The summed E-state index contributed by atoms with van der Waals surface area (Å²) in [6.45, 7) is 0. The first-order valence-corrected chi connectivity index (χ1v) is 13.3. The molecule has 4 aromatic rings. The number of benzene rings is 2. The zero-order chi connectivity index (χ0) is 26.6. The summed E-state index contributed by atoms with van der Waals surface area (Å²) < 4.78 is 6.47. The molecular formula is C28H28N6O3S. The number of nitrogens with one attached hydrogen (secondary N) is 1. The number of para-hydroxylation sites is 1. The standard InChI is InChI=1S/C28H28N6O3S/c29-17-7-4-8-19(17)34-27(36)25-22-21-16(10-11-18(30)24(21)38-25)28(32,26(35)23(22)31)14-9-12-20(33-13-14)37-15-5-2-1-3-6-15/h1-3,5-6,9-13,17,19,23H,4,7-8,29-32H2,(H,34,36)/t17-,19+,23?,28?/m0/s1. The summed E-state index contributed by atoms with van der Waals surface area (Å²) in [6.07, 6.45) is 4.16. The monoisotopic (exact) mass is 528 g/mol. The van der Waals surface area contributed by atoms with Gasteiger partial charge in [-0.3, -0.25) is 9.59 Å². The average Bonchev–Trinajstić information content (AvgIpc) is 3.52. The summed E-state index contributed by atoms with van der Waals surface area (Å²) in [5.74, 6) is 0.266. The van der Waals surface area contributed by atoms with Crippen LogP contribution in [0, 0.1) is 0 Å². The number of nitrogens with two attached hydrogens (primary N) is 4. The molecule has 2 heterocycles. The van der Waals surface area contributed by atoms with Crippen LogP contribution in [0.5, 0.6) is 11.6 Å². The molecule has 0 aliphatic heterocycles. The Morgan fingerprint density at radius 1 is 1.08 bits per heavy atom. The minimum atomic E-state index is -1.58. The molecule has 9 N–H and O–H groups in total. The van der Waals surface area contributed by atoms with Crippen molar-refractivity contribution in [2.45, 2.75) is 42.9 Å². The molecule has 38 heavy (non-hydrogen) atoms. The van der Waals surface area contributed by atoms with E-state index in [1.807, 2.05) is 30.3 Å². The lowest BCUT2D eigenvalue weighted by molar-refractivity contribution is -0.124. The second-order valence-electron chi connectivity index (χ2n) is 9.88. The largest absolute Gasteiger partial charge is 0.439 e. The Morgan fingerprint density at radius 3 is 2.55 bits per heavy atom. The van der Waals surface area contributed by atoms with Gasteiger partial charge < -0.3 is 33.0 Å². The van der Waals surface area contributed by atoms with Crippen LogP contribution >= 0.6 is 11.3 Å². The second-order valence-corrected chi connectivity index (χ2v) is 10.9. The van der Waals surface area contributed by atoms with Crippen molar-refractivity contribution >= 4 is 38.8 Å². The van der Waals surface area contributed by atoms with Crippen molar-refractivity contribution in [2.75, 3.05) is 5.73 Å². The number of pyridine rings is 1. The first kappa shape index (κ1) is 24.5. The maximum Gasteiger partial charge on any atom is 0.262 e. The third-order valence-corrected chi connectivity index (χ3v) is 8.82. The topological polar surface area (TPSA) is 172 Å². The first-order chi connectivity index (χ1) is 18.3. The van der Waals surface area contributed by atoms with Crippen LogP contribution < -0.4 is 33.0 Å². The van der Waals surface area contributed by atoms with E-state index in [1.165, 1.54) is 17.5 Å². The molecule has 1 saturated carbocycles. The Kier molecular flexibility index (Phi) is 5.92. The number of ketones is 1. The predicted molar refractivity (Wildman–Crippen MR) is 147 cm³/mol. The smallest absolute Gasteiger partial charge is 0.262 e. The highest BCUT2D eigenvalue weighted by molar-refractivity contribution is 7.21. The lowest BCUT2D eigenvalue weighted by atomic mass is 9.71. The molecular weight excluding hydrogens is 500 g/mol. The van der Waals surface area contributed by atoms with Crippen molar-refractivity contribution < 1.29 is 14.3 Å². The molecule has 10 heteroatoms. The van der Waals surface area contributed by atoms with Crippen LogP contribution in [0.2, 0.25) is 0 Å². The predicted octanol–water partition coefficient (Wildman–Crippen LogP) is 3.07. The summed E-state index contributed by atoms with van der Waals surface area (Å²) in [5.41, 5.74) is 26.3. The van der Waals surface area contributed by atoms with E-state index in [1.54, 1.807) is 24.3 Å². The number of carbonyl (C=O) groups is 2. The van der Waals surface area contributed by atoms with Gasteiger partial charge in [-0.2, -0.15) is 0 Å². The normalized spacial score (nSPS) is 24.5. The number of thiophene rings is 1. The molecule has 2 aliphatic carbocycles. The number of hydrogen-bond acceptors (Lipinski definition) is 9. The maximum atomic E-state index is 13.9. The number of anilines is 1. The van der Waals surface area contributed by atoms with Crippen LogP contribution in [0.3, 0.4) is 0 Å². The number of Topliss-reactive ketones (excluding diaryl/α,β-unsaturated/α-hetero) is 1. The highest BCUT2D eigenvalue weighted by Gasteiger charge is 2.49. The van der Waals surface area contributed by atoms with E-state index in [0.717, 1.165) is 19.3 Å². The first-order valence-electron chi connectivity index (χ1n) is 12.5. The number of carbonyl (C=O) groups excluding carboxylic acids is 2. The number of nitrogen functional groups attached to an aromatic ring is 1. The van der Waals surface area contributed by atoms with Crippen LogP contribution in [-0.4, -0.2) is 28.8 Å². The Bertz CT molecular complexity index is 1550. The van der Waals surface area contributed by atoms with Gasteiger partial charge in [0, 0.05) is 46.5 Å². The van der Waals surface area contributed by atoms with E-state index >= 15 is 0 Å². The third-order valence-electron chi connectivity index (χ3n) is 7.56. The summed E-state index contributed by atoms with van der Waals surface area (Å²) in [7, 11) is 0. The number of amides is 1. The van der Waals surface area contributed by atoms with Crippen LogP contribution in [0.25, 0.3) is 10.1 Å². The van der Waals surface area contributed by atoms with Crippen LogP contribution in [0.4, 0.5) is 5.69 Å². The fourth-order valence-electron chi connectivity index (χ4n) is 5.53.